The van der Waals surface area contributed by atoms with E-state index in [4.69, 9.17) is 4.42 Å². The number of aromatic nitrogens is 1. The third-order valence-electron chi connectivity index (χ3n) is 3.68. The van der Waals surface area contributed by atoms with Gasteiger partial charge in [-0.05, 0) is 29.0 Å². The van der Waals surface area contributed by atoms with Crippen molar-refractivity contribution in [1.82, 2.24) is 4.98 Å². The van der Waals surface area contributed by atoms with Crippen molar-refractivity contribution in [2.45, 2.75) is 0 Å². The van der Waals surface area contributed by atoms with Crippen molar-refractivity contribution in [2.75, 3.05) is 0 Å². The number of hydrogen-bond donors (Lipinski definition) is 0. The molecule has 0 atom stereocenters. The maximum absolute atomic E-state index is 10.9. The number of benzene rings is 3. The van der Waals surface area contributed by atoms with Crippen LogP contribution in [0.15, 0.2) is 63.5 Å². The summed E-state index contributed by atoms with van der Waals surface area (Å²) < 4.78 is 6.78. The van der Waals surface area contributed by atoms with E-state index >= 15 is 0 Å². The molecular formula is C17H9BrN2O3. The summed E-state index contributed by atoms with van der Waals surface area (Å²) in [6.07, 6.45) is 0. The van der Waals surface area contributed by atoms with Gasteiger partial charge in [0.1, 0.15) is 5.52 Å². The molecule has 0 saturated carbocycles. The molecular weight excluding hydrogens is 360 g/mol. The van der Waals surface area contributed by atoms with Crippen LogP contribution in [0.5, 0.6) is 0 Å². The minimum Gasteiger partial charge on any atom is -0.436 e. The molecule has 1 heterocycles. The van der Waals surface area contributed by atoms with Crippen LogP contribution in [0.25, 0.3) is 33.3 Å². The zero-order chi connectivity index (χ0) is 16.0. The Bertz CT molecular complexity index is 1070. The van der Waals surface area contributed by atoms with Crippen LogP contribution in [-0.2, 0) is 0 Å². The number of nitro benzene ring substituents is 1. The molecule has 0 spiro atoms. The topological polar surface area (TPSA) is 69.2 Å². The fourth-order valence-electron chi connectivity index (χ4n) is 2.60. The Hall–Kier alpha value is -2.73. The van der Waals surface area contributed by atoms with Crippen LogP contribution in [0.2, 0.25) is 0 Å². The van der Waals surface area contributed by atoms with E-state index in [2.05, 4.69) is 20.9 Å². The second kappa shape index (κ2) is 5.17. The average Bonchev–Trinajstić information content (AvgIpc) is 2.97. The predicted octanol–water partition coefficient (Wildman–Crippen LogP) is 5.32. The van der Waals surface area contributed by atoms with Gasteiger partial charge < -0.3 is 4.42 Å². The third kappa shape index (κ3) is 2.27. The van der Waals surface area contributed by atoms with Crippen LogP contribution in [0.1, 0.15) is 0 Å². The second-order valence-corrected chi connectivity index (χ2v) is 5.92. The minimum atomic E-state index is -0.442. The molecule has 3 aromatic carbocycles. The first-order valence-corrected chi connectivity index (χ1v) is 7.65. The molecule has 0 saturated heterocycles. The van der Waals surface area contributed by atoms with Gasteiger partial charge in [0.15, 0.2) is 5.58 Å². The summed E-state index contributed by atoms with van der Waals surface area (Å²) in [5, 5.41) is 12.9. The lowest BCUT2D eigenvalue weighted by Crippen LogP contribution is -1.86. The Kier molecular flexibility index (Phi) is 3.12. The zero-order valence-corrected chi connectivity index (χ0v) is 13.3. The van der Waals surface area contributed by atoms with E-state index in [0.29, 0.717) is 17.0 Å². The molecule has 0 radical (unpaired) electrons. The monoisotopic (exact) mass is 368 g/mol. The molecule has 0 aliphatic rings. The van der Waals surface area contributed by atoms with Crippen molar-refractivity contribution in [3.05, 3.63) is 69.2 Å². The van der Waals surface area contributed by atoms with Gasteiger partial charge in [-0.15, -0.1) is 0 Å². The number of non-ortho nitro benzene ring substituents is 1. The number of fused-ring (bicyclic) bond motifs is 2. The summed E-state index contributed by atoms with van der Waals surface area (Å²) in [4.78, 5) is 14.9. The number of nitro groups is 1. The average molecular weight is 369 g/mol. The molecule has 0 aliphatic heterocycles. The van der Waals surface area contributed by atoms with E-state index in [1.807, 2.05) is 36.4 Å². The van der Waals surface area contributed by atoms with E-state index in [1.54, 1.807) is 6.07 Å². The highest BCUT2D eigenvalue weighted by atomic mass is 79.9. The number of oxazole rings is 1. The largest absolute Gasteiger partial charge is 0.436 e. The van der Waals surface area contributed by atoms with Gasteiger partial charge in [-0.1, -0.05) is 40.2 Å². The second-order valence-electron chi connectivity index (χ2n) is 5.07. The number of nitrogens with zero attached hydrogens (tertiary/aromatic N) is 2. The van der Waals surface area contributed by atoms with Gasteiger partial charge in [0.05, 0.1) is 4.92 Å². The highest BCUT2D eigenvalue weighted by Gasteiger charge is 2.14. The first kappa shape index (κ1) is 13.9. The molecule has 0 amide bonds. The molecule has 0 N–H and O–H groups in total. The summed E-state index contributed by atoms with van der Waals surface area (Å²) in [7, 11) is 0. The molecule has 6 heteroatoms. The number of hydrogen-bond acceptors (Lipinski definition) is 4. The molecule has 5 nitrogen and oxygen atoms in total. The van der Waals surface area contributed by atoms with Crippen LogP contribution in [0.3, 0.4) is 0 Å². The molecule has 1 aromatic heterocycles. The standard InChI is InChI=1S/C17H9BrN2O3/c18-14-6-2-3-11-12(14)4-1-5-13(11)17-19-15-9-10(20(21)22)7-8-16(15)23-17/h1-9H. The van der Waals surface area contributed by atoms with Crippen molar-refractivity contribution in [3.63, 3.8) is 0 Å². The maximum atomic E-state index is 10.9. The lowest BCUT2D eigenvalue weighted by atomic mass is 10.0. The van der Waals surface area contributed by atoms with Gasteiger partial charge in [0, 0.05) is 22.2 Å². The molecule has 4 aromatic rings. The molecule has 23 heavy (non-hydrogen) atoms. The van der Waals surface area contributed by atoms with Crippen LogP contribution in [0.4, 0.5) is 5.69 Å². The number of rotatable bonds is 2. The lowest BCUT2D eigenvalue weighted by molar-refractivity contribution is -0.384. The smallest absolute Gasteiger partial charge is 0.271 e. The van der Waals surface area contributed by atoms with Gasteiger partial charge >= 0.3 is 0 Å². The highest BCUT2D eigenvalue weighted by Crippen LogP contribution is 2.34. The van der Waals surface area contributed by atoms with E-state index in [1.165, 1.54) is 12.1 Å². The summed E-state index contributed by atoms with van der Waals surface area (Å²) in [6, 6.07) is 16.2. The van der Waals surface area contributed by atoms with Crippen molar-refractivity contribution in [3.8, 4) is 11.5 Å². The Morgan fingerprint density at radius 3 is 2.65 bits per heavy atom. The van der Waals surface area contributed by atoms with Gasteiger partial charge in [0.2, 0.25) is 5.89 Å². The summed E-state index contributed by atoms with van der Waals surface area (Å²) in [5.74, 6) is 0.448. The quantitative estimate of drug-likeness (QED) is 0.354. The molecule has 0 aliphatic carbocycles. The summed E-state index contributed by atoms with van der Waals surface area (Å²) >= 11 is 3.54. The maximum Gasteiger partial charge on any atom is 0.271 e. The van der Waals surface area contributed by atoms with E-state index in [0.717, 1.165) is 20.8 Å². The fraction of sp³-hybridized carbons (Fsp3) is 0. The molecule has 112 valence electrons. The van der Waals surface area contributed by atoms with Crippen molar-refractivity contribution >= 4 is 43.5 Å². The van der Waals surface area contributed by atoms with Crippen molar-refractivity contribution < 1.29 is 9.34 Å². The molecule has 0 unspecified atom stereocenters. The Morgan fingerprint density at radius 2 is 1.83 bits per heavy atom. The highest BCUT2D eigenvalue weighted by molar-refractivity contribution is 9.10. The lowest BCUT2D eigenvalue weighted by Gasteiger charge is -2.04. The molecule has 0 bridgehead atoms. The molecule has 4 rings (SSSR count). The number of halogens is 1. The van der Waals surface area contributed by atoms with Crippen LogP contribution >= 0.6 is 15.9 Å². The normalized spacial score (nSPS) is 11.2. The van der Waals surface area contributed by atoms with Crippen molar-refractivity contribution in [1.29, 1.82) is 0 Å². The fourth-order valence-corrected chi connectivity index (χ4v) is 3.10. The van der Waals surface area contributed by atoms with E-state index in [-0.39, 0.29) is 5.69 Å². The van der Waals surface area contributed by atoms with E-state index in [9.17, 15) is 10.1 Å². The summed E-state index contributed by atoms with van der Waals surface area (Å²) in [6.45, 7) is 0. The Morgan fingerprint density at radius 1 is 1.04 bits per heavy atom. The predicted molar refractivity (Wildman–Crippen MR) is 91.3 cm³/mol. The first-order valence-electron chi connectivity index (χ1n) is 6.86. The van der Waals surface area contributed by atoms with Gasteiger partial charge in [0.25, 0.3) is 5.69 Å². The van der Waals surface area contributed by atoms with Crippen LogP contribution in [-0.4, -0.2) is 9.91 Å². The van der Waals surface area contributed by atoms with Gasteiger partial charge in [-0.25, -0.2) is 4.98 Å². The molecule has 0 fully saturated rings. The van der Waals surface area contributed by atoms with Gasteiger partial charge in [-0.2, -0.15) is 0 Å². The van der Waals surface area contributed by atoms with Crippen LogP contribution < -0.4 is 0 Å². The van der Waals surface area contributed by atoms with E-state index < -0.39 is 4.92 Å². The van der Waals surface area contributed by atoms with Crippen molar-refractivity contribution in [2.24, 2.45) is 0 Å². The Labute approximate surface area is 138 Å². The van der Waals surface area contributed by atoms with Crippen LogP contribution in [0, 0.1) is 10.1 Å². The first-order chi connectivity index (χ1) is 11.1. The minimum absolute atomic E-state index is 0.00184. The third-order valence-corrected chi connectivity index (χ3v) is 4.37. The summed E-state index contributed by atoms with van der Waals surface area (Å²) in [5.41, 5.74) is 1.85. The zero-order valence-electron chi connectivity index (χ0n) is 11.7. The SMILES string of the molecule is O=[N+]([O-])c1ccc2oc(-c3cccc4c(Br)cccc34)nc2c1. The van der Waals surface area contributed by atoms with Gasteiger partial charge in [-0.3, -0.25) is 10.1 Å². The Balaban J connectivity index is 1.96.